The minimum Gasteiger partial charge on any atom is -0.404 e. The monoisotopic (exact) mass is 259 g/mol. The zero-order chi connectivity index (χ0) is 12.9. The van der Waals surface area contributed by atoms with Gasteiger partial charge in [0.15, 0.2) is 0 Å². The Morgan fingerprint density at radius 2 is 2.00 bits per heavy atom. The molecule has 0 amide bonds. The van der Waals surface area contributed by atoms with Gasteiger partial charge >= 0.3 is 7.82 Å². The fourth-order valence-electron chi connectivity index (χ4n) is 1.30. The van der Waals surface area contributed by atoms with Gasteiger partial charge in [0.05, 0.1) is 6.04 Å². The topological polar surface area (TPSA) is 95.9 Å². The Kier molecular flexibility index (Phi) is 4.84. The van der Waals surface area contributed by atoms with Gasteiger partial charge in [-0.15, -0.1) is 0 Å². The quantitative estimate of drug-likeness (QED) is 0.508. The highest BCUT2D eigenvalue weighted by Crippen LogP contribution is 2.37. The van der Waals surface area contributed by atoms with Crippen LogP contribution in [0, 0.1) is 0 Å². The van der Waals surface area contributed by atoms with E-state index >= 15 is 0 Å². The lowest BCUT2D eigenvalue weighted by atomic mass is 10.1. The normalized spacial score (nSPS) is 13.1. The molecule has 0 radical (unpaired) electrons. The first kappa shape index (κ1) is 13.9. The molecular formula is C10H14NO5P. The van der Waals surface area contributed by atoms with Crippen molar-refractivity contribution < 1.29 is 23.7 Å². The van der Waals surface area contributed by atoms with Crippen molar-refractivity contribution in [2.75, 3.05) is 7.05 Å². The second-order valence-corrected chi connectivity index (χ2v) is 4.62. The third-order valence-electron chi connectivity index (χ3n) is 2.14. The van der Waals surface area contributed by atoms with E-state index in [0.29, 0.717) is 6.42 Å². The van der Waals surface area contributed by atoms with Crippen LogP contribution >= 0.6 is 7.82 Å². The summed E-state index contributed by atoms with van der Waals surface area (Å²) in [7, 11) is -2.83. The van der Waals surface area contributed by atoms with Crippen molar-refractivity contribution in [3.8, 4) is 5.75 Å². The number of phosphoric ester groups is 1. The van der Waals surface area contributed by atoms with Crippen LogP contribution in [0.4, 0.5) is 0 Å². The predicted molar refractivity (Wildman–Crippen MR) is 61.7 cm³/mol. The zero-order valence-corrected chi connectivity index (χ0v) is 10.1. The fraction of sp³-hybridized carbons (Fsp3) is 0.300. The van der Waals surface area contributed by atoms with E-state index in [4.69, 9.17) is 9.79 Å². The molecule has 0 aliphatic carbocycles. The van der Waals surface area contributed by atoms with Crippen LogP contribution in [0.1, 0.15) is 5.56 Å². The lowest BCUT2D eigenvalue weighted by molar-refractivity contribution is -0.109. The highest BCUT2D eigenvalue weighted by atomic mass is 31.2. The Labute approximate surface area is 98.9 Å². The highest BCUT2D eigenvalue weighted by molar-refractivity contribution is 7.46. The summed E-state index contributed by atoms with van der Waals surface area (Å²) in [6.45, 7) is 0. The molecule has 0 aromatic heterocycles. The Morgan fingerprint density at radius 3 is 2.41 bits per heavy atom. The fourth-order valence-corrected chi connectivity index (χ4v) is 1.69. The van der Waals surface area contributed by atoms with Gasteiger partial charge in [0.25, 0.3) is 0 Å². The molecule has 0 bridgehead atoms. The van der Waals surface area contributed by atoms with Gasteiger partial charge in [0.2, 0.25) is 0 Å². The minimum atomic E-state index is -4.51. The second kappa shape index (κ2) is 5.93. The smallest absolute Gasteiger partial charge is 0.404 e. The molecule has 7 heteroatoms. The van der Waals surface area contributed by atoms with Gasteiger partial charge in [-0.1, -0.05) is 12.1 Å². The number of likely N-dealkylation sites (N-methyl/N-ethyl adjacent to an activating group) is 1. The summed E-state index contributed by atoms with van der Waals surface area (Å²) in [6.07, 6.45) is 1.32. The maximum atomic E-state index is 10.6. The molecule has 0 saturated carbocycles. The maximum Gasteiger partial charge on any atom is 0.524 e. The van der Waals surface area contributed by atoms with Crippen LogP contribution < -0.4 is 9.84 Å². The minimum absolute atomic E-state index is 0.0918. The summed E-state index contributed by atoms with van der Waals surface area (Å²) in [4.78, 5) is 27.8. The molecule has 0 aliphatic heterocycles. The van der Waals surface area contributed by atoms with Gasteiger partial charge in [-0.3, -0.25) is 9.79 Å². The summed E-state index contributed by atoms with van der Waals surface area (Å²) in [6, 6.07) is 5.93. The van der Waals surface area contributed by atoms with Crippen molar-refractivity contribution >= 4 is 14.1 Å². The zero-order valence-electron chi connectivity index (χ0n) is 9.24. The van der Waals surface area contributed by atoms with E-state index in [2.05, 4.69) is 9.84 Å². The number of rotatable bonds is 6. The molecule has 6 nitrogen and oxygen atoms in total. The highest BCUT2D eigenvalue weighted by Gasteiger charge is 2.15. The van der Waals surface area contributed by atoms with Crippen molar-refractivity contribution in [3.63, 3.8) is 0 Å². The third kappa shape index (κ3) is 5.10. The Balaban J connectivity index is 2.68. The van der Waals surface area contributed by atoms with Gasteiger partial charge in [0, 0.05) is 0 Å². The van der Waals surface area contributed by atoms with Gasteiger partial charge in [-0.2, -0.15) is 0 Å². The number of hydrogen-bond acceptors (Lipinski definition) is 4. The van der Waals surface area contributed by atoms with Crippen molar-refractivity contribution in [2.24, 2.45) is 0 Å². The first-order chi connectivity index (χ1) is 7.94. The Bertz CT molecular complexity index is 413. The summed E-state index contributed by atoms with van der Waals surface area (Å²) < 4.78 is 15.0. The van der Waals surface area contributed by atoms with Gasteiger partial charge in [-0.25, -0.2) is 4.57 Å². The molecule has 1 atom stereocenters. The molecule has 1 aromatic rings. The summed E-state index contributed by atoms with van der Waals surface area (Å²) in [5, 5.41) is 2.83. The largest absolute Gasteiger partial charge is 0.524 e. The number of hydrogen-bond donors (Lipinski definition) is 3. The standard InChI is InChI=1S/C10H14NO5P/c1-11-9(7-12)6-8-2-4-10(5-3-8)16-17(13,14)15/h2-5,7,9,11H,6H2,1H3,(H2,13,14,15). The first-order valence-corrected chi connectivity index (χ1v) is 6.44. The SMILES string of the molecule is CNC(C=O)Cc1ccc(OP(=O)(O)O)cc1. The number of nitrogens with one attached hydrogen (secondary N) is 1. The van der Waals surface area contributed by atoms with Gasteiger partial charge in [-0.05, 0) is 31.2 Å². The molecule has 1 aromatic carbocycles. The van der Waals surface area contributed by atoms with E-state index in [1.807, 2.05) is 0 Å². The maximum absolute atomic E-state index is 10.6. The number of phosphoric acid groups is 1. The van der Waals surface area contributed by atoms with Gasteiger partial charge in [0.1, 0.15) is 12.0 Å². The van der Waals surface area contributed by atoms with E-state index in [0.717, 1.165) is 11.8 Å². The van der Waals surface area contributed by atoms with E-state index in [-0.39, 0.29) is 11.8 Å². The van der Waals surface area contributed by atoms with Crippen LogP contribution in [0.3, 0.4) is 0 Å². The van der Waals surface area contributed by atoms with Crippen LogP contribution in [-0.4, -0.2) is 29.2 Å². The van der Waals surface area contributed by atoms with Crippen LogP contribution in [-0.2, 0) is 15.8 Å². The van der Waals surface area contributed by atoms with E-state index in [1.165, 1.54) is 12.1 Å². The van der Waals surface area contributed by atoms with Crippen molar-refractivity contribution in [2.45, 2.75) is 12.5 Å². The molecular weight excluding hydrogens is 245 g/mol. The first-order valence-electron chi connectivity index (χ1n) is 4.91. The van der Waals surface area contributed by atoms with E-state index < -0.39 is 7.82 Å². The lowest BCUT2D eigenvalue weighted by Gasteiger charge is -2.10. The molecule has 3 N–H and O–H groups in total. The van der Waals surface area contributed by atoms with Crippen molar-refractivity contribution in [3.05, 3.63) is 29.8 Å². The number of carbonyl (C=O) groups is 1. The van der Waals surface area contributed by atoms with Crippen LogP contribution in [0.25, 0.3) is 0 Å². The number of aldehydes is 1. The summed E-state index contributed by atoms with van der Waals surface area (Å²) >= 11 is 0. The average molecular weight is 259 g/mol. The Hall–Kier alpha value is -1.20. The average Bonchev–Trinajstić information content (AvgIpc) is 2.26. The van der Waals surface area contributed by atoms with E-state index in [1.54, 1.807) is 19.2 Å². The molecule has 1 rings (SSSR count). The van der Waals surface area contributed by atoms with Crippen molar-refractivity contribution in [1.29, 1.82) is 0 Å². The lowest BCUT2D eigenvalue weighted by Crippen LogP contribution is -2.28. The Morgan fingerprint density at radius 1 is 1.41 bits per heavy atom. The molecule has 17 heavy (non-hydrogen) atoms. The second-order valence-electron chi connectivity index (χ2n) is 3.46. The number of benzene rings is 1. The van der Waals surface area contributed by atoms with Gasteiger partial charge < -0.3 is 14.6 Å². The molecule has 1 unspecified atom stereocenters. The van der Waals surface area contributed by atoms with Crippen LogP contribution in [0.2, 0.25) is 0 Å². The van der Waals surface area contributed by atoms with E-state index in [9.17, 15) is 9.36 Å². The molecule has 0 saturated heterocycles. The molecule has 0 heterocycles. The molecule has 0 spiro atoms. The number of carbonyl (C=O) groups excluding carboxylic acids is 1. The molecule has 94 valence electrons. The summed E-state index contributed by atoms with van der Waals surface area (Å²) in [5.41, 5.74) is 0.870. The molecule has 0 aliphatic rings. The third-order valence-corrected chi connectivity index (χ3v) is 2.59. The summed E-state index contributed by atoms with van der Waals surface area (Å²) in [5.74, 6) is 0.0918. The molecule has 0 fully saturated rings. The van der Waals surface area contributed by atoms with Crippen LogP contribution in [0.5, 0.6) is 5.75 Å². The van der Waals surface area contributed by atoms with Crippen molar-refractivity contribution in [1.82, 2.24) is 5.32 Å². The van der Waals surface area contributed by atoms with Crippen LogP contribution in [0.15, 0.2) is 24.3 Å². The predicted octanol–water partition coefficient (Wildman–Crippen LogP) is 0.487.